The molecule has 2 amide bonds. The molecule has 2 heterocycles. The molecule has 2 aromatic carbocycles. The number of alkyl halides is 3. The Hall–Kier alpha value is -5.38. The first kappa shape index (κ1) is 28.6. The van der Waals surface area contributed by atoms with Crippen molar-refractivity contribution in [2.24, 2.45) is 7.05 Å². The Morgan fingerprint density at radius 1 is 1.24 bits per heavy atom. The molecule has 41 heavy (non-hydrogen) atoms. The van der Waals surface area contributed by atoms with Gasteiger partial charge in [0.05, 0.1) is 34.8 Å². The molecular weight excluding hydrogens is 544 g/mol. The number of benzene rings is 2. The number of nitrogen functional groups attached to an aromatic ring is 1. The van der Waals surface area contributed by atoms with Crippen LogP contribution in [0.3, 0.4) is 0 Å². The number of hydrogen-bond acceptors (Lipinski definition) is 6. The van der Waals surface area contributed by atoms with Crippen LogP contribution in [0.15, 0.2) is 55.3 Å². The molecule has 4 N–H and O–H groups in total. The molecule has 0 spiro atoms. The van der Waals surface area contributed by atoms with Crippen LogP contribution in [-0.4, -0.2) is 41.2 Å². The standard InChI is InChI=1S/C28H22F4N6O3/c1-4-21(39)37-16-6-8-17(19(29)10-16)25-22(23-24(38(25)2)15(11-33)12-35-26(23)34)14-5-7-18(20(9-14)41-3)27(40)36-13-28(30,31)32/h4-10,12H,1,13H2,2-3H3,(H2,34,35)(H,36,40)(H,37,39). The fraction of sp³-hybridized carbons (Fsp3) is 0.143. The van der Waals surface area contributed by atoms with E-state index in [1.54, 1.807) is 16.9 Å². The molecule has 210 valence electrons. The number of nitriles is 1. The Labute approximate surface area is 230 Å². The van der Waals surface area contributed by atoms with E-state index in [0.29, 0.717) is 22.0 Å². The summed E-state index contributed by atoms with van der Waals surface area (Å²) >= 11 is 0. The van der Waals surface area contributed by atoms with Crippen molar-refractivity contribution in [2.75, 3.05) is 24.7 Å². The number of aryl methyl sites for hydroxylation is 1. The molecule has 9 nitrogen and oxygen atoms in total. The lowest BCUT2D eigenvalue weighted by atomic mass is 9.96. The maximum absolute atomic E-state index is 15.6. The zero-order valence-electron chi connectivity index (χ0n) is 21.7. The highest BCUT2D eigenvalue weighted by atomic mass is 19.4. The number of pyridine rings is 1. The van der Waals surface area contributed by atoms with E-state index in [1.807, 2.05) is 6.07 Å². The van der Waals surface area contributed by atoms with Gasteiger partial charge in [-0.05, 0) is 42.0 Å². The quantitative estimate of drug-likeness (QED) is 0.215. The van der Waals surface area contributed by atoms with Crippen LogP contribution >= 0.6 is 0 Å². The minimum Gasteiger partial charge on any atom is -0.496 e. The predicted molar refractivity (Wildman–Crippen MR) is 144 cm³/mol. The number of nitrogens with one attached hydrogen (secondary N) is 2. The van der Waals surface area contributed by atoms with Gasteiger partial charge in [-0.25, -0.2) is 9.37 Å². The Kier molecular flexibility index (Phi) is 7.69. The highest BCUT2D eigenvalue weighted by molar-refractivity contribution is 6.11. The second kappa shape index (κ2) is 11.0. The molecule has 4 aromatic rings. The van der Waals surface area contributed by atoms with E-state index < -0.39 is 30.4 Å². The van der Waals surface area contributed by atoms with E-state index in [-0.39, 0.29) is 39.6 Å². The number of nitrogens with zero attached hydrogens (tertiary/aromatic N) is 3. The fourth-order valence-electron chi connectivity index (χ4n) is 4.47. The van der Waals surface area contributed by atoms with Crippen molar-refractivity contribution >= 4 is 34.2 Å². The molecular formula is C28H22F4N6O3. The van der Waals surface area contributed by atoms with Crippen molar-refractivity contribution in [2.45, 2.75) is 6.18 Å². The number of carbonyl (C=O) groups is 2. The number of hydrogen-bond donors (Lipinski definition) is 3. The van der Waals surface area contributed by atoms with Crippen LogP contribution in [0.25, 0.3) is 33.3 Å². The minimum atomic E-state index is -4.61. The predicted octanol–water partition coefficient (Wildman–Crippen LogP) is 4.93. The summed E-state index contributed by atoms with van der Waals surface area (Å²) in [5, 5.41) is 14.3. The van der Waals surface area contributed by atoms with Crippen molar-refractivity contribution in [1.29, 1.82) is 5.26 Å². The van der Waals surface area contributed by atoms with Gasteiger partial charge in [-0.3, -0.25) is 9.59 Å². The van der Waals surface area contributed by atoms with Gasteiger partial charge in [-0.15, -0.1) is 0 Å². The largest absolute Gasteiger partial charge is 0.496 e. The number of aromatic nitrogens is 2. The number of halogens is 4. The second-order valence-electron chi connectivity index (χ2n) is 8.78. The fourth-order valence-corrected chi connectivity index (χ4v) is 4.47. The van der Waals surface area contributed by atoms with Gasteiger partial charge in [0.1, 0.15) is 30.0 Å². The van der Waals surface area contributed by atoms with Gasteiger partial charge < -0.3 is 25.7 Å². The van der Waals surface area contributed by atoms with E-state index in [1.165, 1.54) is 43.6 Å². The maximum Gasteiger partial charge on any atom is 0.405 e. The lowest BCUT2D eigenvalue weighted by molar-refractivity contribution is -0.123. The number of amides is 2. The molecule has 0 bridgehead atoms. The normalized spacial score (nSPS) is 11.1. The van der Waals surface area contributed by atoms with Crippen LogP contribution in [0.4, 0.5) is 29.1 Å². The Morgan fingerprint density at radius 3 is 2.59 bits per heavy atom. The lowest BCUT2D eigenvalue weighted by Gasteiger charge is -2.14. The monoisotopic (exact) mass is 566 g/mol. The molecule has 0 atom stereocenters. The van der Waals surface area contributed by atoms with Crippen molar-refractivity contribution in [3.8, 4) is 34.2 Å². The lowest BCUT2D eigenvalue weighted by Crippen LogP contribution is -2.33. The number of ether oxygens (including phenoxy) is 1. The third-order valence-electron chi connectivity index (χ3n) is 6.22. The van der Waals surface area contributed by atoms with E-state index in [9.17, 15) is 28.0 Å². The summed E-state index contributed by atoms with van der Waals surface area (Å²) in [7, 11) is 2.84. The van der Waals surface area contributed by atoms with Crippen LogP contribution in [-0.2, 0) is 11.8 Å². The number of fused-ring (bicyclic) bond motifs is 1. The van der Waals surface area contributed by atoms with Gasteiger partial charge in [0.2, 0.25) is 5.91 Å². The van der Waals surface area contributed by atoms with Crippen LogP contribution in [0, 0.1) is 17.1 Å². The topological polar surface area (TPSA) is 135 Å². The molecule has 0 unspecified atom stereocenters. The van der Waals surface area contributed by atoms with Crippen LogP contribution < -0.4 is 21.1 Å². The highest BCUT2D eigenvalue weighted by Crippen LogP contribution is 2.45. The average Bonchev–Trinajstić information content (AvgIpc) is 3.24. The third kappa shape index (κ3) is 5.53. The minimum absolute atomic E-state index is 0.0251. The van der Waals surface area contributed by atoms with Gasteiger partial charge in [0.15, 0.2) is 0 Å². The molecule has 0 radical (unpaired) electrons. The van der Waals surface area contributed by atoms with Crippen molar-refractivity contribution in [3.63, 3.8) is 0 Å². The average molecular weight is 567 g/mol. The third-order valence-corrected chi connectivity index (χ3v) is 6.22. The van der Waals surface area contributed by atoms with E-state index in [4.69, 9.17) is 10.5 Å². The van der Waals surface area contributed by atoms with E-state index in [0.717, 1.165) is 12.1 Å². The van der Waals surface area contributed by atoms with Crippen molar-refractivity contribution in [3.05, 3.63) is 72.2 Å². The number of nitrogens with two attached hydrogens (primary N) is 1. The first-order valence-electron chi connectivity index (χ1n) is 11.8. The van der Waals surface area contributed by atoms with Gasteiger partial charge in [0.25, 0.3) is 5.91 Å². The van der Waals surface area contributed by atoms with Crippen LogP contribution in [0.2, 0.25) is 0 Å². The molecule has 0 saturated heterocycles. The Bertz CT molecular complexity index is 1750. The zero-order chi connectivity index (χ0) is 30.1. The van der Waals surface area contributed by atoms with Crippen molar-refractivity contribution < 1.29 is 31.9 Å². The Morgan fingerprint density at radius 2 is 1.98 bits per heavy atom. The second-order valence-corrected chi connectivity index (χ2v) is 8.78. The molecule has 4 rings (SSSR count). The first-order valence-corrected chi connectivity index (χ1v) is 11.8. The van der Waals surface area contributed by atoms with Gasteiger partial charge in [-0.1, -0.05) is 12.6 Å². The van der Waals surface area contributed by atoms with Gasteiger partial charge in [0, 0.05) is 30.1 Å². The highest BCUT2D eigenvalue weighted by Gasteiger charge is 2.29. The number of carbonyl (C=O) groups excluding carboxylic acids is 2. The van der Waals surface area contributed by atoms with Gasteiger partial charge >= 0.3 is 6.18 Å². The molecule has 0 fully saturated rings. The maximum atomic E-state index is 15.6. The number of methoxy groups -OCH3 is 1. The molecule has 13 heteroatoms. The molecule has 2 aromatic heterocycles. The Balaban J connectivity index is 1.97. The smallest absolute Gasteiger partial charge is 0.405 e. The summed E-state index contributed by atoms with van der Waals surface area (Å²) in [5.41, 5.74) is 7.77. The first-order chi connectivity index (χ1) is 19.4. The molecule has 0 aliphatic rings. The number of anilines is 2. The molecule has 0 saturated carbocycles. The molecule has 0 aliphatic carbocycles. The molecule has 0 aliphatic heterocycles. The van der Waals surface area contributed by atoms with Crippen LogP contribution in [0.1, 0.15) is 15.9 Å². The summed E-state index contributed by atoms with van der Waals surface area (Å²) in [5.74, 6) is -2.31. The summed E-state index contributed by atoms with van der Waals surface area (Å²) in [6.45, 7) is 1.83. The summed E-state index contributed by atoms with van der Waals surface area (Å²) in [6.07, 6.45) is -2.30. The van der Waals surface area contributed by atoms with Crippen molar-refractivity contribution in [1.82, 2.24) is 14.9 Å². The van der Waals surface area contributed by atoms with Gasteiger partial charge in [-0.2, -0.15) is 18.4 Å². The SMILES string of the molecule is C=CC(=O)Nc1ccc(-c2c(-c3ccc(C(=O)NCC(F)(F)F)c(OC)c3)c3c(N)ncc(C#N)c3n2C)c(F)c1. The van der Waals surface area contributed by atoms with E-state index in [2.05, 4.69) is 16.9 Å². The number of rotatable bonds is 7. The van der Waals surface area contributed by atoms with E-state index >= 15 is 4.39 Å². The summed E-state index contributed by atoms with van der Waals surface area (Å²) in [6, 6.07) is 10.2. The summed E-state index contributed by atoms with van der Waals surface area (Å²) in [4.78, 5) is 28.3. The zero-order valence-corrected chi connectivity index (χ0v) is 21.7. The van der Waals surface area contributed by atoms with Crippen LogP contribution in [0.5, 0.6) is 5.75 Å². The summed E-state index contributed by atoms with van der Waals surface area (Å²) < 4.78 is 60.4.